The van der Waals surface area contributed by atoms with Crippen LogP contribution in [0, 0.1) is 0 Å². The van der Waals surface area contributed by atoms with E-state index in [1.807, 2.05) is 31.1 Å². The summed E-state index contributed by atoms with van der Waals surface area (Å²) < 4.78 is 28.4. The molecule has 2 aromatic carbocycles. The van der Waals surface area contributed by atoms with E-state index in [9.17, 15) is 27.9 Å². The fourth-order valence-corrected chi connectivity index (χ4v) is 5.02. The van der Waals surface area contributed by atoms with Crippen LogP contribution >= 0.6 is 0 Å². The lowest BCUT2D eigenvalue weighted by atomic mass is 10.1. The second kappa shape index (κ2) is 11.8. The van der Waals surface area contributed by atoms with Gasteiger partial charge in [-0.15, -0.1) is 0 Å². The van der Waals surface area contributed by atoms with Crippen LogP contribution in [-0.4, -0.2) is 86.3 Å². The van der Waals surface area contributed by atoms with Gasteiger partial charge in [-0.3, -0.25) is 19.3 Å². The monoisotopic (exact) mass is 495 g/mol. The molecular weight excluding hydrogens is 466 g/mol. The largest absolute Gasteiger partial charge is 0.480 e. The minimum Gasteiger partial charge on any atom is -0.480 e. The predicted molar refractivity (Wildman–Crippen MR) is 126 cm³/mol. The van der Waals surface area contributed by atoms with E-state index in [0.29, 0.717) is 5.39 Å². The maximum Gasteiger partial charge on any atom is 0.320 e. The highest BCUT2D eigenvalue weighted by Gasteiger charge is 2.28. The zero-order chi connectivity index (χ0) is 25.5. The lowest BCUT2D eigenvalue weighted by Gasteiger charge is -2.25. The van der Waals surface area contributed by atoms with Gasteiger partial charge in [-0.25, -0.2) is 13.1 Å². The summed E-state index contributed by atoms with van der Waals surface area (Å²) >= 11 is 0. The molecule has 1 atom stereocenters. The van der Waals surface area contributed by atoms with E-state index in [1.165, 1.54) is 6.07 Å². The highest BCUT2D eigenvalue weighted by molar-refractivity contribution is 7.89. The number of hydrogen-bond acceptors (Lipinski definition) is 7. The van der Waals surface area contributed by atoms with Crippen molar-refractivity contribution < 1.29 is 38.1 Å². The fraction of sp³-hybridized carbons (Fsp3) is 0.409. The first-order valence-corrected chi connectivity index (χ1v) is 12.0. The molecule has 11 nitrogen and oxygen atoms in total. The molecule has 0 fully saturated rings. The smallest absolute Gasteiger partial charge is 0.320 e. The standard InChI is InChI=1S/C22H29N3O8S/c1-24(2)17-10-5-8-16-15(17)7-6-11-19(16)34(32,33)23-12-4-3-9-18(22(30)31)25(13-20(26)27)14-21(28)29/h5-8,10-11,18,23H,3-4,9,12-14H2,1-2H3,(H,26,27)(H,28,29)(H,30,31)/t18-/m0/s1. The first kappa shape index (κ1) is 27.0. The van der Waals surface area contributed by atoms with Crippen LogP contribution < -0.4 is 9.62 Å². The van der Waals surface area contributed by atoms with E-state index in [1.54, 1.807) is 18.2 Å². The maximum atomic E-state index is 12.9. The number of carbonyl (C=O) groups is 3. The second-order valence-electron chi connectivity index (χ2n) is 7.96. The van der Waals surface area contributed by atoms with Gasteiger partial charge >= 0.3 is 17.9 Å². The molecule has 0 aromatic heterocycles. The molecule has 2 aromatic rings. The number of anilines is 1. The summed E-state index contributed by atoms with van der Waals surface area (Å²) in [5.74, 6) is -4.02. The van der Waals surface area contributed by atoms with Crippen LogP contribution in [0.3, 0.4) is 0 Å². The van der Waals surface area contributed by atoms with Gasteiger partial charge in [0.05, 0.1) is 18.0 Å². The molecule has 0 spiro atoms. The van der Waals surface area contributed by atoms with Crippen molar-refractivity contribution in [3.8, 4) is 0 Å². The van der Waals surface area contributed by atoms with Crippen molar-refractivity contribution in [1.82, 2.24) is 9.62 Å². The van der Waals surface area contributed by atoms with Gasteiger partial charge in [-0.1, -0.05) is 24.3 Å². The Labute approximate surface area is 197 Å². The maximum absolute atomic E-state index is 12.9. The third-order valence-electron chi connectivity index (χ3n) is 5.23. The number of nitrogens with one attached hydrogen (secondary N) is 1. The minimum absolute atomic E-state index is 0.0297. The van der Waals surface area contributed by atoms with E-state index < -0.39 is 47.1 Å². The minimum atomic E-state index is -3.85. The van der Waals surface area contributed by atoms with Crippen LogP contribution in [-0.2, 0) is 24.4 Å². The summed E-state index contributed by atoms with van der Waals surface area (Å²) in [5, 5.41) is 28.7. The molecule has 0 aliphatic heterocycles. The van der Waals surface area contributed by atoms with Gasteiger partial charge in [0.1, 0.15) is 6.04 Å². The number of hydrogen-bond donors (Lipinski definition) is 4. The van der Waals surface area contributed by atoms with Crippen LogP contribution in [0.25, 0.3) is 10.8 Å². The summed E-state index contributed by atoms with van der Waals surface area (Å²) in [5.41, 5.74) is 0.876. The van der Waals surface area contributed by atoms with Gasteiger partial charge in [-0.05, 0) is 31.4 Å². The SMILES string of the molecule is CN(C)c1cccc2c(S(=O)(=O)NCCCC[C@@H](C(=O)O)N(CC(=O)O)CC(=O)O)cccc12. The molecule has 0 aliphatic rings. The van der Waals surface area contributed by atoms with Gasteiger partial charge in [0, 0.05) is 37.1 Å². The number of carboxylic acid groups (broad SMARTS) is 3. The van der Waals surface area contributed by atoms with Gasteiger partial charge < -0.3 is 20.2 Å². The van der Waals surface area contributed by atoms with Gasteiger partial charge in [0.25, 0.3) is 0 Å². The van der Waals surface area contributed by atoms with Gasteiger partial charge in [-0.2, -0.15) is 0 Å². The molecule has 0 amide bonds. The fourth-order valence-electron chi connectivity index (χ4n) is 3.72. The molecule has 12 heteroatoms. The molecule has 2 rings (SSSR count). The molecule has 0 saturated heterocycles. The highest BCUT2D eigenvalue weighted by Crippen LogP contribution is 2.30. The molecule has 186 valence electrons. The van der Waals surface area contributed by atoms with Crippen LogP contribution in [0.2, 0.25) is 0 Å². The number of unbranched alkanes of at least 4 members (excludes halogenated alkanes) is 1. The number of carboxylic acids is 3. The Morgan fingerprint density at radius 2 is 1.50 bits per heavy atom. The van der Waals surface area contributed by atoms with Crippen molar-refractivity contribution in [2.24, 2.45) is 0 Å². The van der Waals surface area contributed by atoms with E-state index in [-0.39, 0.29) is 30.7 Å². The second-order valence-corrected chi connectivity index (χ2v) is 9.70. The van der Waals surface area contributed by atoms with E-state index >= 15 is 0 Å². The van der Waals surface area contributed by atoms with Crippen LogP contribution in [0.5, 0.6) is 0 Å². The predicted octanol–water partition coefficient (Wildman–Crippen LogP) is 1.28. The topological polar surface area (TPSA) is 165 Å². The van der Waals surface area contributed by atoms with Crippen molar-refractivity contribution in [2.45, 2.75) is 30.2 Å². The van der Waals surface area contributed by atoms with Crippen molar-refractivity contribution in [3.63, 3.8) is 0 Å². The normalized spacial score (nSPS) is 12.6. The molecule has 34 heavy (non-hydrogen) atoms. The first-order valence-electron chi connectivity index (χ1n) is 10.5. The molecule has 0 heterocycles. The molecule has 0 saturated carbocycles. The Kier molecular flexibility index (Phi) is 9.36. The lowest BCUT2D eigenvalue weighted by molar-refractivity contribution is -0.149. The number of rotatable bonds is 14. The summed E-state index contributed by atoms with van der Waals surface area (Å²) in [6.45, 7) is -1.42. The summed E-state index contributed by atoms with van der Waals surface area (Å²) in [4.78, 5) is 36.4. The van der Waals surface area contributed by atoms with Gasteiger partial charge in [0.15, 0.2) is 0 Å². The summed E-state index contributed by atoms with van der Waals surface area (Å²) in [7, 11) is -0.110. The third kappa shape index (κ3) is 7.14. The average Bonchev–Trinajstić information content (AvgIpc) is 2.73. The van der Waals surface area contributed by atoms with Crippen LogP contribution in [0.1, 0.15) is 19.3 Å². The van der Waals surface area contributed by atoms with E-state index in [0.717, 1.165) is 16.0 Å². The Hall–Kier alpha value is -3.22. The number of sulfonamides is 1. The van der Waals surface area contributed by atoms with Crippen molar-refractivity contribution >= 4 is 44.4 Å². The quantitative estimate of drug-likeness (QED) is 0.281. The Morgan fingerprint density at radius 3 is 2.06 bits per heavy atom. The van der Waals surface area contributed by atoms with Crippen LogP contribution in [0.4, 0.5) is 5.69 Å². The molecule has 0 bridgehead atoms. The first-order chi connectivity index (χ1) is 15.9. The average molecular weight is 496 g/mol. The lowest BCUT2D eigenvalue weighted by Crippen LogP contribution is -2.46. The summed E-state index contributed by atoms with van der Waals surface area (Å²) in [6, 6.07) is 9.11. The zero-order valence-electron chi connectivity index (χ0n) is 19.0. The van der Waals surface area contributed by atoms with Crippen LogP contribution in [0.15, 0.2) is 41.3 Å². The number of aliphatic carboxylic acids is 3. The van der Waals surface area contributed by atoms with Crippen molar-refractivity contribution in [2.75, 3.05) is 38.6 Å². The number of nitrogens with zero attached hydrogens (tertiary/aromatic N) is 2. The van der Waals surface area contributed by atoms with Crippen molar-refractivity contribution in [3.05, 3.63) is 36.4 Å². The number of fused-ring (bicyclic) bond motifs is 1. The van der Waals surface area contributed by atoms with E-state index in [4.69, 9.17) is 10.2 Å². The number of benzene rings is 2. The molecule has 0 unspecified atom stereocenters. The third-order valence-corrected chi connectivity index (χ3v) is 6.75. The van der Waals surface area contributed by atoms with Gasteiger partial charge in [0.2, 0.25) is 10.0 Å². The molecule has 0 aliphatic carbocycles. The Bertz CT molecular complexity index is 1130. The zero-order valence-corrected chi connectivity index (χ0v) is 19.8. The Morgan fingerprint density at radius 1 is 0.912 bits per heavy atom. The molecule has 0 radical (unpaired) electrons. The highest BCUT2D eigenvalue weighted by atomic mass is 32.2. The van der Waals surface area contributed by atoms with E-state index in [2.05, 4.69) is 4.72 Å². The molecule has 4 N–H and O–H groups in total. The van der Waals surface area contributed by atoms with Crippen molar-refractivity contribution in [1.29, 1.82) is 0 Å². The summed E-state index contributed by atoms with van der Waals surface area (Å²) in [6.07, 6.45) is 0.498. The Balaban J connectivity index is 2.05. The molecular formula is C22H29N3O8S.